The van der Waals surface area contributed by atoms with Gasteiger partial charge in [-0.25, -0.2) is 0 Å². The third-order valence-electron chi connectivity index (χ3n) is 4.35. The van der Waals surface area contributed by atoms with Crippen molar-refractivity contribution in [2.45, 2.75) is 39.1 Å². The molecule has 4 atom stereocenters. The number of hydrogen-bond donors (Lipinski definition) is 0. The molecule has 0 heterocycles. The number of rotatable bonds is 12. The maximum atomic E-state index is 6.68. The van der Waals surface area contributed by atoms with E-state index >= 15 is 0 Å². The van der Waals surface area contributed by atoms with Crippen LogP contribution in [0.25, 0.3) is 0 Å². The van der Waals surface area contributed by atoms with Crippen molar-refractivity contribution >= 4 is 0 Å². The van der Waals surface area contributed by atoms with Gasteiger partial charge in [0.2, 0.25) is 0 Å². The molecule has 0 aliphatic rings. The monoisotopic (exact) mass is 330 g/mol. The van der Waals surface area contributed by atoms with Gasteiger partial charge in [0.1, 0.15) is 12.5 Å². The molecule has 0 aliphatic carbocycles. The first-order valence-electron chi connectivity index (χ1n) is 8.91. The van der Waals surface area contributed by atoms with E-state index in [0.29, 0.717) is 11.8 Å². The lowest BCUT2D eigenvalue weighted by Gasteiger charge is -2.41. The van der Waals surface area contributed by atoms with Crippen molar-refractivity contribution in [2.75, 3.05) is 69.5 Å². The first kappa shape index (κ1) is 22.8. The fourth-order valence-electron chi connectivity index (χ4n) is 3.23. The minimum Gasteiger partial charge on any atom is -0.344 e. The molecule has 0 fully saturated rings. The first-order valence-corrected chi connectivity index (χ1v) is 8.91. The van der Waals surface area contributed by atoms with Crippen LogP contribution in [0.4, 0.5) is 0 Å². The fourth-order valence-corrected chi connectivity index (χ4v) is 3.23. The van der Waals surface area contributed by atoms with E-state index in [1.807, 2.05) is 0 Å². The molecule has 0 saturated heterocycles. The molecule has 0 aromatic rings. The molecule has 23 heavy (non-hydrogen) atoms. The Morgan fingerprint density at radius 3 is 1.09 bits per heavy atom. The van der Waals surface area contributed by atoms with E-state index in [4.69, 9.17) is 4.74 Å². The first-order chi connectivity index (χ1) is 10.6. The van der Waals surface area contributed by atoms with Gasteiger partial charge in [0.25, 0.3) is 0 Å². The van der Waals surface area contributed by atoms with Gasteiger partial charge < -0.3 is 14.5 Å². The van der Waals surface area contributed by atoms with Gasteiger partial charge in [-0.05, 0) is 69.2 Å². The highest BCUT2D eigenvalue weighted by atomic mass is 16.5. The Labute approximate surface area is 145 Å². The number of ether oxygens (including phenoxy) is 1. The highest BCUT2D eigenvalue weighted by molar-refractivity contribution is 4.76. The van der Waals surface area contributed by atoms with Crippen molar-refractivity contribution in [3.63, 3.8) is 0 Å². The van der Waals surface area contributed by atoms with Crippen molar-refractivity contribution in [3.05, 3.63) is 0 Å². The summed E-state index contributed by atoms with van der Waals surface area (Å²) in [6, 6.07) is 0. The van der Waals surface area contributed by atoms with E-state index in [1.165, 1.54) is 0 Å². The third-order valence-corrected chi connectivity index (χ3v) is 4.35. The summed E-state index contributed by atoms with van der Waals surface area (Å²) in [6.07, 6.45) is 2.49. The van der Waals surface area contributed by atoms with Crippen LogP contribution in [0.3, 0.4) is 0 Å². The van der Waals surface area contributed by atoms with Crippen LogP contribution < -0.4 is 0 Å². The average molecular weight is 331 g/mol. The van der Waals surface area contributed by atoms with Crippen molar-refractivity contribution in [1.82, 2.24) is 19.6 Å². The van der Waals surface area contributed by atoms with Gasteiger partial charge in [0.05, 0.1) is 0 Å². The second kappa shape index (κ2) is 11.4. The summed E-state index contributed by atoms with van der Waals surface area (Å²) in [5, 5.41) is 0. The zero-order chi connectivity index (χ0) is 18.2. The van der Waals surface area contributed by atoms with Crippen molar-refractivity contribution < 1.29 is 4.74 Å². The van der Waals surface area contributed by atoms with Gasteiger partial charge in [0, 0.05) is 24.9 Å². The van der Waals surface area contributed by atoms with Gasteiger partial charge in [-0.3, -0.25) is 9.80 Å². The molecule has 0 aliphatic heterocycles. The van der Waals surface area contributed by atoms with Crippen LogP contribution in [-0.2, 0) is 4.74 Å². The molecule has 0 N–H and O–H groups in total. The predicted octanol–water partition coefficient (Wildman–Crippen LogP) is 1.95. The molecule has 0 saturated carbocycles. The van der Waals surface area contributed by atoms with E-state index in [-0.39, 0.29) is 12.5 Å². The maximum Gasteiger partial charge on any atom is 0.116 e. The second-order valence-electron chi connectivity index (χ2n) is 7.71. The van der Waals surface area contributed by atoms with Crippen LogP contribution in [0.5, 0.6) is 0 Å². The van der Waals surface area contributed by atoms with Gasteiger partial charge in [-0.2, -0.15) is 0 Å². The lowest BCUT2D eigenvalue weighted by Crippen LogP contribution is -2.50. The Kier molecular flexibility index (Phi) is 11.3. The van der Waals surface area contributed by atoms with Crippen LogP contribution in [0.15, 0.2) is 0 Å². The molecule has 0 amide bonds. The standard InChI is InChI=1S/C18H42N4O/c1-11-15(13-19(3)4)17(21(7)8)23-18(22(9)10)16(12-2)14-20(5)6/h15-18H,11-14H2,1-10H3. The lowest BCUT2D eigenvalue weighted by atomic mass is 10.0. The minimum atomic E-state index is 0.131. The van der Waals surface area contributed by atoms with Crippen molar-refractivity contribution in [2.24, 2.45) is 11.8 Å². The van der Waals surface area contributed by atoms with Crippen LogP contribution in [0.2, 0.25) is 0 Å². The molecule has 0 bridgehead atoms. The van der Waals surface area contributed by atoms with E-state index < -0.39 is 0 Å². The molecule has 4 unspecified atom stereocenters. The summed E-state index contributed by atoms with van der Waals surface area (Å²) < 4.78 is 6.68. The molecule has 5 heteroatoms. The van der Waals surface area contributed by atoms with Gasteiger partial charge in [-0.1, -0.05) is 13.8 Å². The largest absolute Gasteiger partial charge is 0.344 e. The average Bonchev–Trinajstić information content (AvgIpc) is 2.43. The smallest absolute Gasteiger partial charge is 0.116 e. The quantitative estimate of drug-likeness (QED) is 0.509. The molecule has 140 valence electrons. The summed E-state index contributed by atoms with van der Waals surface area (Å²) in [5.41, 5.74) is 0. The third kappa shape index (κ3) is 8.45. The van der Waals surface area contributed by atoms with E-state index in [1.54, 1.807) is 0 Å². The SMILES string of the molecule is CCC(CN(C)C)C(OC(C(CC)CN(C)C)N(C)C)N(C)C. The van der Waals surface area contributed by atoms with E-state index in [9.17, 15) is 0 Å². The fraction of sp³-hybridized carbons (Fsp3) is 1.00. The Balaban J connectivity index is 5.21. The highest BCUT2D eigenvalue weighted by Crippen LogP contribution is 2.23. The van der Waals surface area contributed by atoms with Crippen LogP contribution in [-0.4, -0.2) is 102 Å². The van der Waals surface area contributed by atoms with Crippen LogP contribution >= 0.6 is 0 Å². The maximum absolute atomic E-state index is 6.68. The molecule has 0 spiro atoms. The van der Waals surface area contributed by atoms with E-state index in [2.05, 4.69) is 89.8 Å². The molecule has 5 nitrogen and oxygen atoms in total. The summed E-state index contributed by atoms with van der Waals surface area (Å²) in [7, 11) is 17.1. The Hall–Kier alpha value is -0.200. The van der Waals surface area contributed by atoms with Gasteiger partial charge >= 0.3 is 0 Å². The Morgan fingerprint density at radius 1 is 0.609 bits per heavy atom. The van der Waals surface area contributed by atoms with Crippen LogP contribution in [0, 0.1) is 11.8 Å². The molecule has 0 rings (SSSR count). The summed E-state index contributed by atoms with van der Waals surface area (Å²) in [4.78, 5) is 8.98. The molecular weight excluding hydrogens is 288 g/mol. The normalized spacial score (nSPS) is 18.0. The number of nitrogens with zero attached hydrogens (tertiary/aromatic N) is 4. The predicted molar refractivity (Wildman–Crippen MR) is 101 cm³/mol. The van der Waals surface area contributed by atoms with Crippen molar-refractivity contribution in [1.29, 1.82) is 0 Å². The summed E-state index contributed by atoms with van der Waals surface area (Å²) in [6.45, 7) is 6.61. The molecule has 0 aromatic heterocycles. The minimum absolute atomic E-state index is 0.131. The summed E-state index contributed by atoms with van der Waals surface area (Å²) >= 11 is 0. The zero-order valence-electron chi connectivity index (χ0n) is 17.3. The van der Waals surface area contributed by atoms with Crippen LogP contribution in [0.1, 0.15) is 26.7 Å². The lowest BCUT2D eigenvalue weighted by molar-refractivity contribution is -0.178. The molecule has 0 radical (unpaired) electrons. The van der Waals surface area contributed by atoms with Gasteiger partial charge in [0.15, 0.2) is 0 Å². The number of hydrogen-bond acceptors (Lipinski definition) is 5. The zero-order valence-corrected chi connectivity index (χ0v) is 17.3. The van der Waals surface area contributed by atoms with Crippen molar-refractivity contribution in [3.8, 4) is 0 Å². The molecule has 0 aromatic carbocycles. The second-order valence-corrected chi connectivity index (χ2v) is 7.71. The summed E-state index contributed by atoms with van der Waals surface area (Å²) in [5.74, 6) is 0.999. The topological polar surface area (TPSA) is 22.2 Å². The van der Waals surface area contributed by atoms with Gasteiger partial charge in [-0.15, -0.1) is 0 Å². The molecular formula is C18H42N4O. The van der Waals surface area contributed by atoms with E-state index in [0.717, 1.165) is 25.9 Å². The Morgan fingerprint density at radius 2 is 0.913 bits per heavy atom. The highest BCUT2D eigenvalue weighted by Gasteiger charge is 2.31. The Bertz CT molecular complexity index is 267.